The van der Waals surface area contributed by atoms with Crippen molar-refractivity contribution in [2.75, 3.05) is 12.9 Å². The van der Waals surface area contributed by atoms with Gasteiger partial charge in [0.2, 0.25) is 0 Å². The van der Waals surface area contributed by atoms with Crippen LogP contribution in [-0.2, 0) is 9.84 Å². The predicted octanol–water partition coefficient (Wildman–Crippen LogP) is 2.04. The summed E-state index contributed by atoms with van der Waals surface area (Å²) in [6.07, 6.45) is -0.0509. The first-order chi connectivity index (χ1) is 7.51. The van der Waals surface area contributed by atoms with E-state index in [1.807, 2.05) is 0 Å². The Bertz CT molecular complexity index is 519. The van der Waals surface area contributed by atoms with Crippen LogP contribution in [0.15, 0.2) is 23.1 Å². The van der Waals surface area contributed by atoms with Crippen LogP contribution in [0.5, 0.6) is 5.75 Å². The molecule has 0 aliphatic heterocycles. The van der Waals surface area contributed by atoms with E-state index < -0.39 is 9.84 Å². The summed E-state index contributed by atoms with van der Waals surface area (Å²) in [6, 6.07) is 6.12. The molecule has 0 amide bonds. The summed E-state index contributed by atoms with van der Waals surface area (Å²) >= 11 is 5.83. The molecule has 0 radical (unpaired) electrons. The van der Waals surface area contributed by atoms with Gasteiger partial charge in [-0.25, -0.2) is 8.42 Å². The average molecular weight is 260 g/mol. The first-order valence-corrected chi connectivity index (χ1v) is 6.47. The molecule has 16 heavy (non-hydrogen) atoms. The highest BCUT2D eigenvalue weighted by Gasteiger charge is 2.18. The SMILES string of the molecule is COc1ccc(S(=O)(=O)CCC#N)c(Cl)c1. The topological polar surface area (TPSA) is 67.2 Å². The molecule has 0 saturated carbocycles. The number of nitriles is 1. The van der Waals surface area contributed by atoms with E-state index in [1.165, 1.54) is 25.3 Å². The molecule has 0 spiro atoms. The molecular formula is C10H10ClNO3S. The number of methoxy groups -OCH3 is 1. The molecule has 0 fully saturated rings. The van der Waals surface area contributed by atoms with Crippen molar-refractivity contribution in [3.63, 3.8) is 0 Å². The maximum absolute atomic E-state index is 11.7. The molecule has 0 saturated heterocycles. The molecule has 1 aromatic carbocycles. The van der Waals surface area contributed by atoms with Crippen molar-refractivity contribution >= 4 is 21.4 Å². The van der Waals surface area contributed by atoms with Crippen molar-refractivity contribution in [3.8, 4) is 11.8 Å². The number of hydrogen-bond donors (Lipinski definition) is 0. The Labute approximate surface area is 99.3 Å². The first kappa shape index (κ1) is 12.8. The third-order valence-corrected chi connectivity index (χ3v) is 4.15. The van der Waals surface area contributed by atoms with Gasteiger partial charge in [-0.2, -0.15) is 5.26 Å². The molecule has 0 aromatic heterocycles. The Kier molecular flexibility index (Phi) is 4.16. The third kappa shape index (κ3) is 2.87. The molecule has 0 heterocycles. The van der Waals surface area contributed by atoms with Gasteiger partial charge in [0.05, 0.1) is 28.8 Å². The van der Waals surface area contributed by atoms with Crippen LogP contribution in [0.2, 0.25) is 5.02 Å². The lowest BCUT2D eigenvalue weighted by molar-refractivity contribution is 0.414. The van der Waals surface area contributed by atoms with E-state index in [0.29, 0.717) is 5.75 Å². The smallest absolute Gasteiger partial charge is 0.180 e. The Balaban J connectivity index is 3.10. The fourth-order valence-electron chi connectivity index (χ4n) is 1.15. The number of halogens is 1. The molecule has 1 rings (SSSR count). The van der Waals surface area contributed by atoms with Crippen LogP contribution >= 0.6 is 11.6 Å². The quantitative estimate of drug-likeness (QED) is 0.830. The van der Waals surface area contributed by atoms with Gasteiger partial charge in [-0.05, 0) is 12.1 Å². The van der Waals surface area contributed by atoms with Crippen LogP contribution in [0.25, 0.3) is 0 Å². The van der Waals surface area contributed by atoms with Crippen molar-refractivity contribution < 1.29 is 13.2 Å². The molecule has 0 N–H and O–H groups in total. The van der Waals surface area contributed by atoms with Crippen LogP contribution in [0.4, 0.5) is 0 Å². The van der Waals surface area contributed by atoms with E-state index in [9.17, 15) is 8.42 Å². The Morgan fingerprint density at radius 3 is 2.69 bits per heavy atom. The Hall–Kier alpha value is -1.25. The number of benzene rings is 1. The molecule has 1 aromatic rings. The first-order valence-electron chi connectivity index (χ1n) is 4.44. The molecular weight excluding hydrogens is 250 g/mol. The summed E-state index contributed by atoms with van der Waals surface area (Å²) in [5, 5.41) is 8.47. The minimum absolute atomic E-state index is 0.0326. The van der Waals surface area contributed by atoms with Gasteiger partial charge in [0.15, 0.2) is 9.84 Å². The van der Waals surface area contributed by atoms with E-state index >= 15 is 0 Å². The van der Waals surface area contributed by atoms with Crippen LogP contribution in [0, 0.1) is 11.3 Å². The van der Waals surface area contributed by atoms with Gasteiger partial charge >= 0.3 is 0 Å². The average Bonchev–Trinajstić information content (AvgIpc) is 2.25. The maximum Gasteiger partial charge on any atom is 0.180 e. The fraction of sp³-hybridized carbons (Fsp3) is 0.300. The lowest BCUT2D eigenvalue weighted by atomic mass is 10.3. The lowest BCUT2D eigenvalue weighted by Gasteiger charge is -2.06. The van der Waals surface area contributed by atoms with E-state index in [0.717, 1.165) is 0 Å². The minimum Gasteiger partial charge on any atom is -0.497 e. The molecule has 4 nitrogen and oxygen atoms in total. The molecule has 0 unspecified atom stereocenters. The van der Waals surface area contributed by atoms with Crippen molar-refractivity contribution in [1.82, 2.24) is 0 Å². The normalized spacial score (nSPS) is 10.8. The van der Waals surface area contributed by atoms with Crippen molar-refractivity contribution in [3.05, 3.63) is 23.2 Å². The predicted molar refractivity (Wildman–Crippen MR) is 60.3 cm³/mol. The zero-order valence-corrected chi connectivity index (χ0v) is 10.2. The second-order valence-electron chi connectivity index (χ2n) is 3.02. The number of rotatable bonds is 4. The molecule has 0 aliphatic rings. The summed E-state index contributed by atoms with van der Waals surface area (Å²) < 4.78 is 28.4. The summed E-state index contributed by atoms with van der Waals surface area (Å²) in [6.45, 7) is 0. The highest BCUT2D eigenvalue weighted by Crippen LogP contribution is 2.27. The van der Waals surface area contributed by atoms with Crippen molar-refractivity contribution in [2.45, 2.75) is 11.3 Å². The van der Waals surface area contributed by atoms with Gasteiger partial charge in [-0.15, -0.1) is 0 Å². The highest BCUT2D eigenvalue weighted by atomic mass is 35.5. The Morgan fingerprint density at radius 1 is 1.50 bits per heavy atom. The molecule has 86 valence electrons. The second-order valence-corrected chi connectivity index (χ2v) is 5.51. The van der Waals surface area contributed by atoms with Gasteiger partial charge in [-0.3, -0.25) is 0 Å². The maximum atomic E-state index is 11.7. The van der Waals surface area contributed by atoms with Crippen molar-refractivity contribution in [1.29, 1.82) is 5.26 Å². The second kappa shape index (κ2) is 5.19. The third-order valence-electron chi connectivity index (χ3n) is 1.96. The standard InChI is InChI=1S/C10H10ClNO3S/c1-15-8-3-4-10(9(11)7-8)16(13,14)6-2-5-12/h3-4,7H,2,6H2,1H3. The van der Waals surface area contributed by atoms with Crippen LogP contribution in [0.3, 0.4) is 0 Å². The monoisotopic (exact) mass is 259 g/mol. The van der Waals surface area contributed by atoms with E-state index in [4.69, 9.17) is 21.6 Å². The Morgan fingerprint density at radius 2 is 2.19 bits per heavy atom. The largest absolute Gasteiger partial charge is 0.497 e. The summed E-state index contributed by atoms with van der Waals surface area (Å²) in [5.41, 5.74) is 0. The summed E-state index contributed by atoms with van der Waals surface area (Å²) in [5.74, 6) is 0.263. The highest BCUT2D eigenvalue weighted by molar-refractivity contribution is 7.91. The van der Waals surface area contributed by atoms with Crippen LogP contribution < -0.4 is 4.74 Å². The van der Waals surface area contributed by atoms with E-state index in [-0.39, 0.29) is 22.1 Å². The zero-order valence-electron chi connectivity index (χ0n) is 8.60. The van der Waals surface area contributed by atoms with Crippen LogP contribution in [0.1, 0.15) is 6.42 Å². The van der Waals surface area contributed by atoms with Gasteiger partial charge in [0, 0.05) is 12.5 Å². The van der Waals surface area contributed by atoms with E-state index in [1.54, 1.807) is 6.07 Å². The number of nitrogens with zero attached hydrogens (tertiary/aromatic N) is 1. The van der Waals surface area contributed by atoms with Gasteiger partial charge in [0.1, 0.15) is 5.75 Å². The minimum atomic E-state index is -3.49. The fourth-order valence-corrected chi connectivity index (χ4v) is 2.89. The van der Waals surface area contributed by atoms with E-state index in [2.05, 4.69) is 0 Å². The molecule has 6 heteroatoms. The zero-order chi connectivity index (χ0) is 12.2. The van der Waals surface area contributed by atoms with Crippen LogP contribution in [-0.4, -0.2) is 21.3 Å². The summed E-state index contributed by atoms with van der Waals surface area (Å²) in [7, 11) is -2.02. The molecule has 0 atom stereocenters. The van der Waals surface area contributed by atoms with Gasteiger partial charge in [-0.1, -0.05) is 11.6 Å². The van der Waals surface area contributed by atoms with Gasteiger partial charge in [0.25, 0.3) is 0 Å². The lowest BCUT2D eigenvalue weighted by Crippen LogP contribution is -2.06. The number of hydrogen-bond acceptors (Lipinski definition) is 4. The molecule has 0 bridgehead atoms. The summed E-state index contributed by atoms with van der Waals surface area (Å²) in [4.78, 5) is 0.0326. The number of sulfone groups is 1. The number of ether oxygens (including phenoxy) is 1. The van der Waals surface area contributed by atoms with Gasteiger partial charge < -0.3 is 4.74 Å². The van der Waals surface area contributed by atoms with Crippen molar-refractivity contribution in [2.24, 2.45) is 0 Å². The molecule has 0 aliphatic carbocycles.